The number of ether oxygens (including phenoxy) is 2. The highest BCUT2D eigenvalue weighted by Gasteiger charge is 2.40. The smallest absolute Gasteiger partial charge is 0.254 e. The van der Waals surface area contributed by atoms with Crippen LogP contribution in [0.2, 0.25) is 0 Å². The third kappa shape index (κ3) is 3.68. The second-order valence-electron chi connectivity index (χ2n) is 6.53. The number of aromatic nitrogens is 2. The van der Waals surface area contributed by atoms with Gasteiger partial charge in [0.15, 0.2) is 5.79 Å². The van der Waals surface area contributed by atoms with E-state index in [9.17, 15) is 4.79 Å². The summed E-state index contributed by atoms with van der Waals surface area (Å²) in [5.41, 5.74) is 1.51. The number of hydrogen-bond acceptors (Lipinski definition) is 6. The van der Waals surface area contributed by atoms with Crippen molar-refractivity contribution in [3.05, 3.63) is 53.9 Å². The molecule has 7 heteroatoms. The quantitative estimate of drug-likeness (QED) is 0.901. The van der Waals surface area contributed by atoms with Crippen LogP contribution in [0.3, 0.4) is 0 Å². The van der Waals surface area contributed by atoms with Crippen LogP contribution in [-0.2, 0) is 16.0 Å². The van der Waals surface area contributed by atoms with Gasteiger partial charge in [-0.15, -0.1) is 0 Å². The van der Waals surface area contributed by atoms with Gasteiger partial charge in [0.1, 0.15) is 0 Å². The molecule has 0 aliphatic carbocycles. The second kappa shape index (κ2) is 7.39. The average molecular weight is 354 g/mol. The Morgan fingerprint density at radius 2 is 1.73 bits per heavy atom. The number of carbonyl (C=O) groups is 1. The Hall–Kier alpha value is -2.51. The number of benzene rings is 1. The predicted molar refractivity (Wildman–Crippen MR) is 95.7 cm³/mol. The molecule has 2 aliphatic heterocycles. The number of nitrogens with zero attached hydrogens (tertiary/aromatic N) is 3. The van der Waals surface area contributed by atoms with Crippen molar-refractivity contribution in [2.24, 2.45) is 0 Å². The Morgan fingerprint density at radius 1 is 1.08 bits per heavy atom. The fourth-order valence-electron chi connectivity index (χ4n) is 3.32. The molecule has 4 rings (SSSR count). The van der Waals surface area contributed by atoms with Gasteiger partial charge in [-0.05, 0) is 5.56 Å². The lowest BCUT2D eigenvalue weighted by atomic mass is 10.0. The van der Waals surface area contributed by atoms with Crippen LogP contribution in [0.25, 0.3) is 0 Å². The summed E-state index contributed by atoms with van der Waals surface area (Å²) in [6.45, 7) is 3.38. The molecule has 136 valence electrons. The van der Waals surface area contributed by atoms with Gasteiger partial charge >= 0.3 is 0 Å². The van der Waals surface area contributed by atoms with E-state index in [1.54, 1.807) is 12.4 Å². The summed E-state index contributed by atoms with van der Waals surface area (Å²) in [6.07, 6.45) is 4.76. The first-order valence-electron chi connectivity index (χ1n) is 8.91. The van der Waals surface area contributed by atoms with Gasteiger partial charge in [0.2, 0.25) is 5.95 Å². The van der Waals surface area contributed by atoms with Crippen molar-refractivity contribution < 1.29 is 14.3 Å². The van der Waals surface area contributed by atoms with Gasteiger partial charge in [-0.2, -0.15) is 0 Å². The summed E-state index contributed by atoms with van der Waals surface area (Å²) in [6, 6.07) is 9.79. The molecule has 1 spiro atoms. The van der Waals surface area contributed by atoms with Crippen LogP contribution in [0, 0.1) is 0 Å². The van der Waals surface area contributed by atoms with E-state index in [0.717, 1.165) is 31.5 Å². The number of rotatable bonds is 4. The summed E-state index contributed by atoms with van der Waals surface area (Å²) < 4.78 is 11.5. The predicted octanol–water partition coefficient (Wildman–Crippen LogP) is 1.75. The van der Waals surface area contributed by atoms with Crippen molar-refractivity contribution in [2.75, 3.05) is 31.2 Å². The molecule has 1 aromatic heterocycles. The Morgan fingerprint density at radius 3 is 2.38 bits per heavy atom. The van der Waals surface area contributed by atoms with Gasteiger partial charge in [0.25, 0.3) is 5.91 Å². The summed E-state index contributed by atoms with van der Waals surface area (Å²) in [7, 11) is 0. The van der Waals surface area contributed by atoms with E-state index < -0.39 is 5.79 Å². The topological polar surface area (TPSA) is 76.6 Å². The molecule has 2 aromatic rings. The Balaban J connectivity index is 1.32. The van der Waals surface area contributed by atoms with Crippen LogP contribution in [0.15, 0.2) is 42.7 Å². The second-order valence-corrected chi connectivity index (χ2v) is 6.53. The minimum Gasteiger partial charge on any atom is -0.348 e. The molecular formula is C19H22N4O3. The van der Waals surface area contributed by atoms with Crippen molar-refractivity contribution in [3.63, 3.8) is 0 Å². The zero-order chi connectivity index (χ0) is 17.8. The molecule has 2 fully saturated rings. The zero-order valence-electron chi connectivity index (χ0n) is 14.6. The number of hydrogen-bond donors (Lipinski definition) is 1. The number of anilines is 1. The largest absolute Gasteiger partial charge is 0.348 e. The summed E-state index contributed by atoms with van der Waals surface area (Å²) in [4.78, 5) is 23.1. The van der Waals surface area contributed by atoms with Crippen molar-refractivity contribution in [3.8, 4) is 0 Å². The molecule has 0 unspecified atom stereocenters. The molecule has 0 bridgehead atoms. The normalized spacial score (nSPS) is 18.8. The van der Waals surface area contributed by atoms with Gasteiger partial charge in [-0.3, -0.25) is 4.79 Å². The third-order valence-corrected chi connectivity index (χ3v) is 4.82. The van der Waals surface area contributed by atoms with E-state index in [-0.39, 0.29) is 5.91 Å². The molecular weight excluding hydrogens is 332 g/mol. The van der Waals surface area contributed by atoms with Crippen molar-refractivity contribution >= 4 is 11.9 Å². The van der Waals surface area contributed by atoms with Gasteiger partial charge in [0.05, 0.1) is 18.8 Å². The fourth-order valence-corrected chi connectivity index (χ4v) is 3.32. The number of amides is 1. The van der Waals surface area contributed by atoms with Crippen molar-refractivity contribution in [2.45, 2.75) is 25.2 Å². The van der Waals surface area contributed by atoms with Crippen LogP contribution < -0.4 is 10.2 Å². The monoisotopic (exact) mass is 354 g/mol. The molecule has 7 nitrogen and oxygen atoms in total. The maximum Gasteiger partial charge on any atom is 0.254 e. The molecule has 0 saturated carbocycles. The molecule has 26 heavy (non-hydrogen) atoms. The maximum atomic E-state index is 12.2. The van der Waals surface area contributed by atoms with E-state index in [4.69, 9.17) is 9.47 Å². The van der Waals surface area contributed by atoms with Gasteiger partial charge in [-0.1, -0.05) is 30.3 Å². The third-order valence-electron chi connectivity index (χ3n) is 4.82. The number of carbonyl (C=O) groups excluding carboxylic acids is 1. The van der Waals surface area contributed by atoms with Crippen LogP contribution in [-0.4, -0.2) is 48.0 Å². The first kappa shape index (κ1) is 16.9. The van der Waals surface area contributed by atoms with Crippen LogP contribution in [0.5, 0.6) is 0 Å². The van der Waals surface area contributed by atoms with E-state index in [1.807, 2.05) is 30.3 Å². The van der Waals surface area contributed by atoms with Crippen LogP contribution >= 0.6 is 0 Å². The highest BCUT2D eigenvalue weighted by Crippen LogP contribution is 2.32. The Labute approximate surface area is 152 Å². The number of nitrogens with one attached hydrogen (secondary N) is 1. The van der Waals surface area contributed by atoms with Crippen LogP contribution in [0.1, 0.15) is 28.8 Å². The standard InChI is InChI=1S/C19H22N4O3/c24-17(20-12-15-4-2-1-3-5-15)16-13-21-18(22-14-16)23-8-6-19(7-9-23)25-10-11-26-19/h1-5,13-14H,6-12H2,(H,20,24). The molecule has 2 saturated heterocycles. The molecule has 0 atom stereocenters. The number of piperidine rings is 1. The lowest BCUT2D eigenvalue weighted by molar-refractivity contribution is -0.169. The summed E-state index contributed by atoms with van der Waals surface area (Å²) in [5.74, 6) is 0.0523. The van der Waals surface area contributed by atoms with E-state index in [0.29, 0.717) is 31.3 Å². The Kier molecular flexibility index (Phi) is 4.81. The molecule has 2 aliphatic rings. The minimum absolute atomic E-state index is 0.175. The molecule has 0 radical (unpaired) electrons. The van der Waals surface area contributed by atoms with Crippen LogP contribution in [0.4, 0.5) is 5.95 Å². The minimum atomic E-state index is -0.409. The SMILES string of the molecule is O=C(NCc1ccccc1)c1cnc(N2CCC3(CC2)OCCO3)nc1. The zero-order valence-corrected chi connectivity index (χ0v) is 14.6. The first-order chi connectivity index (χ1) is 12.7. The average Bonchev–Trinajstić information content (AvgIpc) is 3.16. The summed E-state index contributed by atoms with van der Waals surface area (Å²) in [5, 5.41) is 2.88. The van der Waals surface area contributed by atoms with Crippen molar-refractivity contribution in [1.82, 2.24) is 15.3 Å². The maximum absolute atomic E-state index is 12.2. The first-order valence-corrected chi connectivity index (χ1v) is 8.91. The van der Waals surface area contributed by atoms with Crippen molar-refractivity contribution in [1.29, 1.82) is 0 Å². The molecule has 1 amide bonds. The van der Waals surface area contributed by atoms with E-state index in [2.05, 4.69) is 20.2 Å². The summed E-state index contributed by atoms with van der Waals surface area (Å²) >= 11 is 0. The molecule has 3 heterocycles. The van der Waals surface area contributed by atoms with Gasteiger partial charge < -0.3 is 19.7 Å². The van der Waals surface area contributed by atoms with Gasteiger partial charge in [-0.25, -0.2) is 9.97 Å². The highest BCUT2D eigenvalue weighted by atomic mass is 16.7. The lowest BCUT2D eigenvalue weighted by Gasteiger charge is -2.37. The Bertz CT molecular complexity index is 735. The van der Waals surface area contributed by atoms with E-state index >= 15 is 0 Å². The van der Waals surface area contributed by atoms with Gasteiger partial charge in [0, 0.05) is 44.9 Å². The lowest BCUT2D eigenvalue weighted by Crippen LogP contribution is -2.45. The fraction of sp³-hybridized carbons (Fsp3) is 0.421. The van der Waals surface area contributed by atoms with E-state index in [1.165, 1.54) is 0 Å². The highest BCUT2D eigenvalue weighted by molar-refractivity contribution is 5.93. The molecule has 1 aromatic carbocycles. The molecule has 1 N–H and O–H groups in total.